The van der Waals surface area contributed by atoms with Gasteiger partial charge in [-0.3, -0.25) is 5.32 Å². The van der Waals surface area contributed by atoms with Crippen LogP contribution in [0, 0.1) is 0 Å². The maximum atomic E-state index is 6.25. The van der Waals surface area contributed by atoms with E-state index in [0.717, 1.165) is 5.02 Å². The molecule has 0 bridgehead atoms. The summed E-state index contributed by atoms with van der Waals surface area (Å²) in [5.74, 6) is 0. The highest BCUT2D eigenvalue weighted by molar-refractivity contribution is 6.30. The molecule has 4 heteroatoms. The second-order valence-corrected chi connectivity index (χ2v) is 7.39. The quantitative estimate of drug-likeness (QED) is 0.832. The third kappa shape index (κ3) is 2.18. The zero-order chi connectivity index (χ0) is 14.6. The summed E-state index contributed by atoms with van der Waals surface area (Å²) in [6.45, 7) is 4.55. The summed E-state index contributed by atoms with van der Waals surface area (Å²) in [5.41, 5.74) is 2.70. The molecule has 1 saturated carbocycles. The van der Waals surface area contributed by atoms with Gasteiger partial charge in [0.15, 0.2) is 0 Å². The minimum atomic E-state index is 0.359. The molecule has 0 amide bonds. The molecule has 1 aliphatic carbocycles. The number of piperazine rings is 1. The molecule has 21 heavy (non-hydrogen) atoms. The van der Waals surface area contributed by atoms with Crippen LogP contribution in [0.3, 0.4) is 0 Å². The number of halogens is 1. The van der Waals surface area contributed by atoms with Crippen molar-refractivity contribution in [3.8, 4) is 0 Å². The monoisotopic (exact) mass is 305 g/mol. The summed E-state index contributed by atoms with van der Waals surface area (Å²) < 4.78 is 0. The van der Waals surface area contributed by atoms with Gasteiger partial charge in [0.2, 0.25) is 0 Å². The Morgan fingerprint density at radius 1 is 1.14 bits per heavy atom. The van der Waals surface area contributed by atoms with Gasteiger partial charge in [0.1, 0.15) is 6.17 Å². The SMILES string of the molecule is CC(C)N1c2ccc(Cl)cc2C2NC3CCCCC3NC21. The van der Waals surface area contributed by atoms with Gasteiger partial charge in [0.05, 0.1) is 6.04 Å². The standard InChI is InChI=1S/C17H24ClN3/c1-10(2)21-15-8-7-11(18)9-12(15)16-17(21)20-14-6-4-3-5-13(14)19-16/h7-10,13-14,16-17,19-20H,3-6H2,1-2H3. The predicted molar refractivity (Wildman–Crippen MR) is 87.9 cm³/mol. The van der Waals surface area contributed by atoms with Crippen LogP contribution >= 0.6 is 11.6 Å². The first kappa shape index (κ1) is 13.9. The number of anilines is 1. The summed E-state index contributed by atoms with van der Waals surface area (Å²) >= 11 is 6.25. The van der Waals surface area contributed by atoms with Gasteiger partial charge in [-0.2, -0.15) is 0 Å². The van der Waals surface area contributed by atoms with Crippen molar-refractivity contribution in [3.63, 3.8) is 0 Å². The highest BCUT2D eigenvalue weighted by atomic mass is 35.5. The largest absolute Gasteiger partial charge is 0.351 e. The fraction of sp³-hybridized carbons (Fsp3) is 0.647. The molecule has 1 aromatic rings. The van der Waals surface area contributed by atoms with E-state index < -0.39 is 0 Å². The molecule has 0 aromatic heterocycles. The Labute approximate surface area is 132 Å². The average molecular weight is 306 g/mol. The van der Waals surface area contributed by atoms with Gasteiger partial charge in [-0.15, -0.1) is 0 Å². The molecular weight excluding hydrogens is 282 g/mol. The Balaban J connectivity index is 1.73. The second-order valence-electron chi connectivity index (χ2n) is 6.96. The molecule has 3 aliphatic rings. The van der Waals surface area contributed by atoms with Crippen LogP contribution in [0.4, 0.5) is 5.69 Å². The van der Waals surface area contributed by atoms with Gasteiger partial charge in [-0.05, 0) is 50.5 Å². The van der Waals surface area contributed by atoms with E-state index in [1.807, 2.05) is 6.07 Å². The van der Waals surface area contributed by atoms with Crippen molar-refractivity contribution in [2.75, 3.05) is 4.90 Å². The molecule has 0 spiro atoms. The first-order valence-corrected chi connectivity index (χ1v) is 8.63. The van der Waals surface area contributed by atoms with Crippen LogP contribution in [0.1, 0.15) is 51.1 Å². The first-order valence-electron chi connectivity index (χ1n) is 8.25. The van der Waals surface area contributed by atoms with E-state index in [0.29, 0.717) is 30.3 Å². The van der Waals surface area contributed by atoms with Gasteiger partial charge in [0.25, 0.3) is 0 Å². The summed E-state index contributed by atoms with van der Waals surface area (Å²) in [6, 6.07) is 8.41. The second kappa shape index (κ2) is 5.15. The number of benzene rings is 1. The Hall–Kier alpha value is -0.770. The smallest absolute Gasteiger partial charge is 0.100 e. The fourth-order valence-corrected chi connectivity index (χ4v) is 4.61. The fourth-order valence-electron chi connectivity index (χ4n) is 4.43. The molecule has 2 aliphatic heterocycles. The minimum Gasteiger partial charge on any atom is -0.351 e. The molecule has 4 atom stereocenters. The third-order valence-electron chi connectivity index (χ3n) is 5.32. The zero-order valence-corrected chi connectivity index (χ0v) is 13.5. The summed E-state index contributed by atoms with van der Waals surface area (Å²) in [6.07, 6.45) is 5.65. The molecule has 1 saturated heterocycles. The molecular formula is C17H24ClN3. The lowest BCUT2D eigenvalue weighted by Gasteiger charge is -2.46. The molecule has 2 fully saturated rings. The van der Waals surface area contributed by atoms with Gasteiger partial charge in [0, 0.05) is 28.8 Å². The van der Waals surface area contributed by atoms with Crippen LogP contribution in [-0.2, 0) is 0 Å². The van der Waals surface area contributed by atoms with E-state index in [1.54, 1.807) is 0 Å². The van der Waals surface area contributed by atoms with E-state index in [-0.39, 0.29) is 0 Å². The Morgan fingerprint density at radius 3 is 2.57 bits per heavy atom. The van der Waals surface area contributed by atoms with Gasteiger partial charge in [-0.1, -0.05) is 24.4 Å². The molecule has 1 aromatic carbocycles. The van der Waals surface area contributed by atoms with Gasteiger partial charge < -0.3 is 10.2 Å². The average Bonchev–Trinajstić information content (AvgIpc) is 2.78. The third-order valence-corrected chi connectivity index (χ3v) is 5.55. The summed E-state index contributed by atoms with van der Waals surface area (Å²) in [5, 5.41) is 8.70. The van der Waals surface area contributed by atoms with Crippen molar-refractivity contribution < 1.29 is 0 Å². The predicted octanol–water partition coefficient (Wildman–Crippen LogP) is 3.44. The van der Waals surface area contributed by atoms with Crippen molar-refractivity contribution in [3.05, 3.63) is 28.8 Å². The van der Waals surface area contributed by atoms with Crippen molar-refractivity contribution in [2.45, 2.75) is 69.9 Å². The molecule has 2 N–H and O–H groups in total. The number of fused-ring (bicyclic) bond motifs is 4. The van der Waals surface area contributed by atoms with Crippen LogP contribution in [0.5, 0.6) is 0 Å². The number of rotatable bonds is 1. The van der Waals surface area contributed by atoms with Crippen LogP contribution in [0.2, 0.25) is 5.02 Å². The maximum Gasteiger partial charge on any atom is 0.100 e. The molecule has 3 nitrogen and oxygen atoms in total. The number of hydrogen-bond acceptors (Lipinski definition) is 3. The molecule has 114 valence electrons. The summed E-state index contributed by atoms with van der Waals surface area (Å²) in [7, 11) is 0. The lowest BCUT2D eigenvalue weighted by molar-refractivity contribution is 0.170. The first-order chi connectivity index (χ1) is 10.1. The Kier molecular flexibility index (Phi) is 3.40. The van der Waals surface area contributed by atoms with Crippen LogP contribution in [0.15, 0.2) is 18.2 Å². The van der Waals surface area contributed by atoms with E-state index >= 15 is 0 Å². The van der Waals surface area contributed by atoms with E-state index in [2.05, 4.69) is 41.5 Å². The van der Waals surface area contributed by atoms with Gasteiger partial charge >= 0.3 is 0 Å². The van der Waals surface area contributed by atoms with E-state index in [4.69, 9.17) is 11.6 Å². The van der Waals surface area contributed by atoms with E-state index in [1.165, 1.54) is 36.9 Å². The summed E-state index contributed by atoms with van der Waals surface area (Å²) in [4.78, 5) is 2.52. The molecule has 0 radical (unpaired) electrons. The van der Waals surface area contributed by atoms with Crippen molar-refractivity contribution in [2.24, 2.45) is 0 Å². The zero-order valence-electron chi connectivity index (χ0n) is 12.8. The number of hydrogen-bond donors (Lipinski definition) is 2. The maximum absolute atomic E-state index is 6.25. The lowest BCUT2D eigenvalue weighted by Crippen LogP contribution is -2.66. The highest BCUT2D eigenvalue weighted by Gasteiger charge is 2.46. The van der Waals surface area contributed by atoms with Crippen LogP contribution in [-0.4, -0.2) is 24.3 Å². The number of nitrogens with one attached hydrogen (secondary N) is 2. The highest BCUT2D eigenvalue weighted by Crippen LogP contribution is 2.44. The minimum absolute atomic E-state index is 0.359. The Bertz CT molecular complexity index is 545. The van der Waals surface area contributed by atoms with Crippen LogP contribution < -0.4 is 15.5 Å². The number of nitrogens with zero attached hydrogens (tertiary/aromatic N) is 1. The molecule has 2 heterocycles. The van der Waals surface area contributed by atoms with Gasteiger partial charge in [-0.25, -0.2) is 0 Å². The molecule has 4 unspecified atom stereocenters. The molecule has 4 rings (SSSR count). The van der Waals surface area contributed by atoms with Crippen molar-refractivity contribution in [1.82, 2.24) is 10.6 Å². The van der Waals surface area contributed by atoms with Crippen LogP contribution in [0.25, 0.3) is 0 Å². The van der Waals surface area contributed by atoms with Crippen molar-refractivity contribution in [1.29, 1.82) is 0 Å². The lowest BCUT2D eigenvalue weighted by atomic mass is 9.86. The Morgan fingerprint density at radius 2 is 1.86 bits per heavy atom. The topological polar surface area (TPSA) is 27.3 Å². The van der Waals surface area contributed by atoms with E-state index in [9.17, 15) is 0 Å². The normalized spacial score (nSPS) is 34.6. The van der Waals surface area contributed by atoms with Crippen molar-refractivity contribution >= 4 is 17.3 Å².